The van der Waals surface area contributed by atoms with Gasteiger partial charge in [-0.2, -0.15) is 0 Å². The molecule has 0 atom stereocenters. The van der Waals surface area contributed by atoms with Crippen LogP contribution in [0.2, 0.25) is 0 Å². The molecule has 2 rings (SSSR count). The third kappa shape index (κ3) is 2.97. The molecule has 0 aliphatic heterocycles. The van der Waals surface area contributed by atoms with Crippen molar-refractivity contribution in [3.05, 3.63) is 48.3 Å². The van der Waals surface area contributed by atoms with Gasteiger partial charge in [0.2, 0.25) is 0 Å². The quantitative estimate of drug-likeness (QED) is 0.875. The number of nitrogens with zero attached hydrogens (tertiary/aromatic N) is 1. The molecule has 6 heteroatoms. The van der Waals surface area contributed by atoms with Crippen LogP contribution in [0.5, 0.6) is 0 Å². The lowest BCUT2D eigenvalue weighted by Gasteiger charge is -2.05. The molecular formula is C13H17N3O2S. The van der Waals surface area contributed by atoms with Crippen molar-refractivity contribution in [1.29, 1.82) is 0 Å². The van der Waals surface area contributed by atoms with Crippen LogP contribution < -0.4 is 10.5 Å². The van der Waals surface area contributed by atoms with E-state index in [0.29, 0.717) is 18.8 Å². The number of nitrogens with one attached hydrogen (secondary N) is 1. The SMILES string of the molecule is CCn1cc(S(=O)(=O)Nc2ccccc2)cc1CN. The molecule has 0 radical (unpaired) electrons. The Bertz CT molecular complexity index is 626. The van der Waals surface area contributed by atoms with Gasteiger partial charge < -0.3 is 10.3 Å². The number of hydrogen-bond acceptors (Lipinski definition) is 3. The van der Waals surface area contributed by atoms with Crippen LogP contribution in [0.1, 0.15) is 12.6 Å². The molecule has 3 N–H and O–H groups in total. The lowest BCUT2D eigenvalue weighted by atomic mass is 10.3. The van der Waals surface area contributed by atoms with Crippen molar-refractivity contribution in [2.75, 3.05) is 4.72 Å². The van der Waals surface area contributed by atoms with Crippen molar-refractivity contribution < 1.29 is 8.42 Å². The predicted molar refractivity (Wildman–Crippen MR) is 75.2 cm³/mol. The van der Waals surface area contributed by atoms with Gasteiger partial charge in [0.15, 0.2) is 0 Å². The van der Waals surface area contributed by atoms with E-state index in [0.717, 1.165) is 5.69 Å². The topological polar surface area (TPSA) is 77.1 Å². The van der Waals surface area contributed by atoms with Crippen LogP contribution in [0.15, 0.2) is 47.5 Å². The number of aryl methyl sites for hydroxylation is 1. The maximum atomic E-state index is 12.2. The second-order valence-corrected chi connectivity index (χ2v) is 5.81. The molecule has 102 valence electrons. The molecule has 0 spiro atoms. The van der Waals surface area contributed by atoms with Gasteiger partial charge in [-0.25, -0.2) is 8.42 Å². The molecule has 0 aliphatic rings. The predicted octanol–water partition coefficient (Wildman–Crippen LogP) is 1.77. The Labute approximate surface area is 113 Å². The van der Waals surface area contributed by atoms with E-state index in [4.69, 9.17) is 5.73 Å². The van der Waals surface area contributed by atoms with Crippen LogP contribution in [0.25, 0.3) is 0 Å². The first kappa shape index (κ1) is 13.6. The number of aromatic nitrogens is 1. The molecule has 0 unspecified atom stereocenters. The largest absolute Gasteiger partial charge is 0.349 e. The number of hydrogen-bond donors (Lipinski definition) is 2. The molecular weight excluding hydrogens is 262 g/mol. The van der Waals surface area contributed by atoms with Crippen molar-refractivity contribution in [1.82, 2.24) is 4.57 Å². The Morgan fingerprint density at radius 3 is 2.47 bits per heavy atom. The third-order valence-corrected chi connectivity index (χ3v) is 4.20. The average molecular weight is 279 g/mol. The molecule has 0 aliphatic carbocycles. The summed E-state index contributed by atoms with van der Waals surface area (Å²) in [5.41, 5.74) is 6.94. The van der Waals surface area contributed by atoms with Crippen molar-refractivity contribution in [3.63, 3.8) is 0 Å². The van der Waals surface area contributed by atoms with Gasteiger partial charge in [-0.3, -0.25) is 4.72 Å². The summed E-state index contributed by atoms with van der Waals surface area (Å²) >= 11 is 0. The first-order chi connectivity index (χ1) is 9.06. The number of anilines is 1. The Hall–Kier alpha value is -1.79. The Morgan fingerprint density at radius 1 is 1.26 bits per heavy atom. The Balaban J connectivity index is 2.32. The lowest BCUT2D eigenvalue weighted by Crippen LogP contribution is -2.12. The van der Waals surface area contributed by atoms with Gasteiger partial charge in [0.05, 0.1) is 0 Å². The van der Waals surface area contributed by atoms with E-state index in [-0.39, 0.29) is 4.90 Å². The maximum Gasteiger partial charge on any atom is 0.263 e. The summed E-state index contributed by atoms with van der Waals surface area (Å²) in [6.07, 6.45) is 1.60. The van der Waals surface area contributed by atoms with Crippen LogP contribution in [0.4, 0.5) is 5.69 Å². The van der Waals surface area contributed by atoms with Gasteiger partial charge in [0.1, 0.15) is 4.90 Å². The van der Waals surface area contributed by atoms with Gasteiger partial charge in [0, 0.05) is 30.7 Å². The fourth-order valence-corrected chi connectivity index (χ4v) is 2.98. The summed E-state index contributed by atoms with van der Waals surface area (Å²) in [6, 6.07) is 10.4. The van der Waals surface area contributed by atoms with Gasteiger partial charge in [0.25, 0.3) is 10.0 Å². The first-order valence-electron chi connectivity index (χ1n) is 6.04. The maximum absolute atomic E-state index is 12.2. The van der Waals surface area contributed by atoms with E-state index in [1.807, 2.05) is 17.6 Å². The average Bonchev–Trinajstić information content (AvgIpc) is 2.83. The number of sulfonamides is 1. The summed E-state index contributed by atoms with van der Waals surface area (Å²) in [7, 11) is -3.56. The highest BCUT2D eigenvalue weighted by molar-refractivity contribution is 7.92. The van der Waals surface area contributed by atoms with Crippen molar-refractivity contribution in [3.8, 4) is 0 Å². The van der Waals surface area contributed by atoms with E-state index < -0.39 is 10.0 Å². The number of rotatable bonds is 5. The van der Waals surface area contributed by atoms with Crippen LogP contribution in [0, 0.1) is 0 Å². The van der Waals surface area contributed by atoms with Crippen LogP contribution >= 0.6 is 0 Å². The van der Waals surface area contributed by atoms with Crippen molar-refractivity contribution >= 4 is 15.7 Å². The summed E-state index contributed by atoms with van der Waals surface area (Å²) in [4.78, 5) is 0.235. The first-order valence-corrected chi connectivity index (χ1v) is 7.52. The Kier molecular flexibility index (Phi) is 3.92. The molecule has 5 nitrogen and oxygen atoms in total. The van der Waals surface area contributed by atoms with E-state index in [1.165, 1.54) is 0 Å². The minimum absolute atomic E-state index is 0.235. The molecule has 1 heterocycles. The van der Waals surface area contributed by atoms with E-state index in [9.17, 15) is 8.42 Å². The molecule has 2 aromatic rings. The zero-order valence-corrected chi connectivity index (χ0v) is 11.5. The van der Waals surface area contributed by atoms with E-state index in [2.05, 4.69) is 4.72 Å². The standard InChI is InChI=1S/C13H17N3O2S/c1-2-16-10-13(8-12(16)9-14)19(17,18)15-11-6-4-3-5-7-11/h3-8,10,15H,2,9,14H2,1H3. The lowest BCUT2D eigenvalue weighted by molar-refractivity contribution is 0.600. The molecule has 0 bridgehead atoms. The zero-order valence-electron chi connectivity index (χ0n) is 10.7. The number of benzene rings is 1. The summed E-state index contributed by atoms with van der Waals surface area (Å²) in [6.45, 7) is 2.95. The second kappa shape index (κ2) is 5.46. The van der Waals surface area contributed by atoms with Crippen LogP contribution in [-0.4, -0.2) is 13.0 Å². The third-order valence-electron chi connectivity index (χ3n) is 2.85. The summed E-state index contributed by atoms with van der Waals surface area (Å²) in [5.74, 6) is 0. The molecule has 19 heavy (non-hydrogen) atoms. The molecule has 1 aromatic heterocycles. The number of para-hydroxylation sites is 1. The van der Waals surface area contributed by atoms with Crippen LogP contribution in [0.3, 0.4) is 0 Å². The monoisotopic (exact) mass is 279 g/mol. The zero-order chi connectivity index (χ0) is 13.9. The highest BCUT2D eigenvalue weighted by Crippen LogP contribution is 2.18. The van der Waals surface area contributed by atoms with Gasteiger partial charge in [-0.05, 0) is 25.1 Å². The number of nitrogens with two attached hydrogens (primary N) is 1. The minimum Gasteiger partial charge on any atom is -0.349 e. The van der Waals surface area contributed by atoms with Crippen molar-refractivity contribution in [2.24, 2.45) is 5.73 Å². The summed E-state index contributed by atoms with van der Waals surface area (Å²) < 4.78 is 28.8. The summed E-state index contributed by atoms with van der Waals surface area (Å²) in [5, 5.41) is 0. The molecule has 1 aromatic carbocycles. The van der Waals surface area contributed by atoms with E-state index >= 15 is 0 Å². The fraction of sp³-hybridized carbons (Fsp3) is 0.231. The smallest absolute Gasteiger partial charge is 0.263 e. The normalized spacial score (nSPS) is 11.5. The molecule has 0 saturated heterocycles. The van der Waals surface area contributed by atoms with E-state index in [1.54, 1.807) is 36.5 Å². The minimum atomic E-state index is -3.56. The Morgan fingerprint density at radius 2 is 1.95 bits per heavy atom. The molecule has 0 amide bonds. The highest BCUT2D eigenvalue weighted by atomic mass is 32.2. The van der Waals surface area contributed by atoms with Crippen LogP contribution in [-0.2, 0) is 23.1 Å². The molecule has 0 saturated carbocycles. The van der Waals surface area contributed by atoms with Gasteiger partial charge in [-0.15, -0.1) is 0 Å². The van der Waals surface area contributed by atoms with Gasteiger partial charge in [-0.1, -0.05) is 18.2 Å². The fourth-order valence-electron chi connectivity index (χ4n) is 1.86. The second-order valence-electron chi connectivity index (χ2n) is 4.13. The highest BCUT2D eigenvalue weighted by Gasteiger charge is 2.17. The molecule has 0 fully saturated rings. The van der Waals surface area contributed by atoms with Gasteiger partial charge >= 0.3 is 0 Å². The van der Waals surface area contributed by atoms with Crippen molar-refractivity contribution in [2.45, 2.75) is 24.9 Å².